The molecule has 0 radical (unpaired) electrons. The number of piperidine rings is 1. The maximum absolute atomic E-state index is 5.20. The summed E-state index contributed by atoms with van der Waals surface area (Å²) >= 11 is 0. The molecule has 1 heterocycles. The molecule has 1 fully saturated rings. The number of hydrogen-bond acceptors (Lipinski definition) is 3. The molecule has 0 saturated carbocycles. The Labute approximate surface area is 116 Å². The summed E-state index contributed by atoms with van der Waals surface area (Å²) in [6.45, 7) is 7.94. The van der Waals surface area contributed by atoms with Crippen molar-refractivity contribution < 1.29 is 4.74 Å². The van der Waals surface area contributed by atoms with Crippen LogP contribution in [0.1, 0.15) is 25.8 Å². The SMILES string of the molecule is COc1ccc(CN(C)C2CCNCC2(C)C)cc1. The zero-order valence-corrected chi connectivity index (χ0v) is 12.6. The van der Waals surface area contributed by atoms with E-state index in [1.165, 1.54) is 12.0 Å². The molecule has 1 atom stereocenters. The third-order valence-electron chi connectivity index (χ3n) is 4.20. The monoisotopic (exact) mass is 262 g/mol. The van der Waals surface area contributed by atoms with E-state index in [9.17, 15) is 0 Å². The Morgan fingerprint density at radius 2 is 2.00 bits per heavy atom. The Morgan fingerprint density at radius 3 is 2.58 bits per heavy atom. The average Bonchev–Trinajstić information content (AvgIpc) is 2.39. The molecular formula is C16H26N2O. The first-order valence-electron chi connectivity index (χ1n) is 7.07. The number of methoxy groups -OCH3 is 1. The summed E-state index contributed by atoms with van der Waals surface area (Å²) in [5.41, 5.74) is 1.68. The van der Waals surface area contributed by atoms with Gasteiger partial charge in [0.1, 0.15) is 5.75 Å². The zero-order valence-electron chi connectivity index (χ0n) is 12.6. The Morgan fingerprint density at radius 1 is 1.32 bits per heavy atom. The van der Waals surface area contributed by atoms with Crippen LogP contribution in [0.5, 0.6) is 5.75 Å². The van der Waals surface area contributed by atoms with E-state index in [0.717, 1.165) is 25.4 Å². The second-order valence-corrected chi connectivity index (χ2v) is 6.23. The fourth-order valence-electron chi connectivity index (χ4n) is 3.10. The summed E-state index contributed by atoms with van der Waals surface area (Å²) in [5, 5.41) is 3.50. The molecule has 0 bridgehead atoms. The Hall–Kier alpha value is -1.06. The van der Waals surface area contributed by atoms with Gasteiger partial charge in [0.05, 0.1) is 7.11 Å². The van der Waals surface area contributed by atoms with Crippen LogP contribution >= 0.6 is 0 Å². The summed E-state index contributed by atoms with van der Waals surface area (Å²) in [5.74, 6) is 0.925. The van der Waals surface area contributed by atoms with Crippen molar-refractivity contribution in [2.45, 2.75) is 32.9 Å². The molecule has 0 amide bonds. The van der Waals surface area contributed by atoms with Crippen LogP contribution in [0.4, 0.5) is 0 Å². The van der Waals surface area contributed by atoms with Crippen molar-refractivity contribution >= 4 is 0 Å². The average molecular weight is 262 g/mol. The van der Waals surface area contributed by atoms with Crippen LogP contribution in [0.15, 0.2) is 24.3 Å². The van der Waals surface area contributed by atoms with Gasteiger partial charge < -0.3 is 10.1 Å². The standard InChI is InChI=1S/C16H26N2O/c1-16(2)12-17-10-9-15(16)18(3)11-13-5-7-14(19-4)8-6-13/h5-8,15,17H,9-12H2,1-4H3. The quantitative estimate of drug-likeness (QED) is 0.902. The lowest BCUT2D eigenvalue weighted by molar-refractivity contribution is 0.0745. The molecular weight excluding hydrogens is 236 g/mol. The fourth-order valence-corrected chi connectivity index (χ4v) is 3.10. The highest BCUT2D eigenvalue weighted by Gasteiger charge is 2.34. The van der Waals surface area contributed by atoms with Crippen molar-refractivity contribution in [3.05, 3.63) is 29.8 Å². The molecule has 2 rings (SSSR count). The molecule has 1 N–H and O–H groups in total. The maximum atomic E-state index is 5.20. The van der Waals surface area contributed by atoms with Crippen molar-refractivity contribution in [3.63, 3.8) is 0 Å². The molecule has 1 aromatic carbocycles. The van der Waals surface area contributed by atoms with Crippen molar-refractivity contribution in [2.75, 3.05) is 27.2 Å². The summed E-state index contributed by atoms with van der Waals surface area (Å²) < 4.78 is 5.20. The van der Waals surface area contributed by atoms with Crippen molar-refractivity contribution in [2.24, 2.45) is 5.41 Å². The number of nitrogens with one attached hydrogen (secondary N) is 1. The van der Waals surface area contributed by atoms with E-state index in [4.69, 9.17) is 4.74 Å². The third-order valence-corrected chi connectivity index (χ3v) is 4.20. The minimum Gasteiger partial charge on any atom is -0.497 e. The highest BCUT2D eigenvalue weighted by atomic mass is 16.5. The lowest BCUT2D eigenvalue weighted by atomic mass is 9.79. The molecule has 0 spiro atoms. The van der Waals surface area contributed by atoms with Crippen LogP contribution in [0.25, 0.3) is 0 Å². The van der Waals surface area contributed by atoms with Crippen LogP contribution in [-0.2, 0) is 6.54 Å². The van der Waals surface area contributed by atoms with Gasteiger partial charge in [-0.05, 0) is 43.1 Å². The first-order valence-corrected chi connectivity index (χ1v) is 7.07. The van der Waals surface area contributed by atoms with Gasteiger partial charge in [-0.3, -0.25) is 4.90 Å². The number of nitrogens with zero attached hydrogens (tertiary/aromatic N) is 1. The smallest absolute Gasteiger partial charge is 0.118 e. The summed E-state index contributed by atoms with van der Waals surface area (Å²) in [4.78, 5) is 2.49. The Bertz CT molecular complexity index is 400. The van der Waals surface area contributed by atoms with E-state index in [-0.39, 0.29) is 0 Å². The maximum Gasteiger partial charge on any atom is 0.118 e. The highest BCUT2D eigenvalue weighted by Crippen LogP contribution is 2.29. The lowest BCUT2D eigenvalue weighted by Crippen LogP contribution is -2.53. The third kappa shape index (κ3) is 3.48. The van der Waals surface area contributed by atoms with Gasteiger partial charge in [-0.1, -0.05) is 26.0 Å². The molecule has 1 saturated heterocycles. The molecule has 19 heavy (non-hydrogen) atoms. The van der Waals surface area contributed by atoms with Gasteiger partial charge in [0.2, 0.25) is 0 Å². The zero-order chi connectivity index (χ0) is 13.9. The minimum absolute atomic E-state index is 0.333. The van der Waals surface area contributed by atoms with Crippen molar-refractivity contribution in [3.8, 4) is 5.75 Å². The molecule has 0 aliphatic carbocycles. The van der Waals surface area contributed by atoms with E-state index >= 15 is 0 Å². The number of benzene rings is 1. The van der Waals surface area contributed by atoms with Gasteiger partial charge >= 0.3 is 0 Å². The Kier molecular flexibility index (Phi) is 4.48. The topological polar surface area (TPSA) is 24.5 Å². The molecule has 3 heteroatoms. The largest absolute Gasteiger partial charge is 0.497 e. The predicted molar refractivity (Wildman–Crippen MR) is 79.5 cm³/mol. The number of hydrogen-bond donors (Lipinski definition) is 1. The van der Waals surface area contributed by atoms with Crippen molar-refractivity contribution in [1.82, 2.24) is 10.2 Å². The minimum atomic E-state index is 0.333. The Balaban J connectivity index is 2.01. The van der Waals surface area contributed by atoms with Crippen LogP contribution in [-0.4, -0.2) is 38.2 Å². The molecule has 1 aromatic rings. The second-order valence-electron chi connectivity index (χ2n) is 6.23. The molecule has 1 aliphatic rings. The van der Waals surface area contributed by atoms with Crippen molar-refractivity contribution in [1.29, 1.82) is 0 Å². The van der Waals surface area contributed by atoms with E-state index in [1.807, 2.05) is 12.1 Å². The first-order chi connectivity index (χ1) is 9.03. The summed E-state index contributed by atoms with van der Waals surface area (Å²) in [6.07, 6.45) is 1.22. The normalized spacial score (nSPS) is 22.5. The van der Waals surface area contributed by atoms with Crippen LogP contribution < -0.4 is 10.1 Å². The highest BCUT2D eigenvalue weighted by molar-refractivity contribution is 5.27. The molecule has 3 nitrogen and oxygen atoms in total. The molecule has 1 unspecified atom stereocenters. The van der Waals surface area contributed by atoms with Crippen LogP contribution in [0.2, 0.25) is 0 Å². The van der Waals surface area contributed by atoms with Gasteiger partial charge in [0.25, 0.3) is 0 Å². The van der Waals surface area contributed by atoms with E-state index < -0.39 is 0 Å². The van der Waals surface area contributed by atoms with Crippen LogP contribution in [0, 0.1) is 5.41 Å². The van der Waals surface area contributed by atoms with E-state index in [0.29, 0.717) is 11.5 Å². The second kappa shape index (κ2) is 5.93. The molecule has 106 valence electrons. The predicted octanol–water partition coefficient (Wildman–Crippen LogP) is 2.52. The van der Waals surface area contributed by atoms with Crippen LogP contribution in [0.3, 0.4) is 0 Å². The van der Waals surface area contributed by atoms with E-state index in [2.05, 4.69) is 43.2 Å². The van der Waals surface area contributed by atoms with Gasteiger partial charge in [0, 0.05) is 19.1 Å². The summed E-state index contributed by atoms with van der Waals surface area (Å²) in [6, 6.07) is 9.02. The lowest BCUT2D eigenvalue weighted by Gasteiger charge is -2.44. The molecule has 0 aromatic heterocycles. The van der Waals surface area contributed by atoms with Gasteiger partial charge in [-0.15, -0.1) is 0 Å². The van der Waals surface area contributed by atoms with E-state index in [1.54, 1.807) is 7.11 Å². The summed E-state index contributed by atoms with van der Waals surface area (Å²) in [7, 11) is 3.95. The number of ether oxygens (including phenoxy) is 1. The number of rotatable bonds is 4. The van der Waals surface area contributed by atoms with Gasteiger partial charge in [0.15, 0.2) is 0 Å². The first kappa shape index (κ1) is 14.4. The molecule has 1 aliphatic heterocycles. The van der Waals surface area contributed by atoms with Gasteiger partial charge in [-0.25, -0.2) is 0 Å². The fraction of sp³-hybridized carbons (Fsp3) is 0.625. The van der Waals surface area contributed by atoms with Gasteiger partial charge in [-0.2, -0.15) is 0 Å².